The Hall–Kier alpha value is -1.85. The molecule has 0 aromatic heterocycles. The minimum Gasteiger partial charge on any atom is -0.491 e. The van der Waals surface area contributed by atoms with Crippen molar-refractivity contribution in [1.82, 2.24) is 0 Å². The summed E-state index contributed by atoms with van der Waals surface area (Å²) in [6, 6.07) is 12.5. The highest BCUT2D eigenvalue weighted by molar-refractivity contribution is 7.89. The molecule has 2 aromatic rings. The highest BCUT2D eigenvalue weighted by Crippen LogP contribution is 2.41. The quantitative estimate of drug-likeness (QED) is 0.518. The van der Waals surface area contributed by atoms with E-state index in [4.69, 9.17) is 4.74 Å². The molecular weight excluding hydrogens is 420 g/mol. The smallest absolute Gasteiger partial charge is 0.151 e. The van der Waals surface area contributed by atoms with Crippen molar-refractivity contribution < 1.29 is 18.3 Å². The lowest BCUT2D eigenvalue weighted by Gasteiger charge is -2.34. The molecule has 0 radical (unpaired) electrons. The van der Waals surface area contributed by atoms with Gasteiger partial charge < -0.3 is 9.84 Å². The van der Waals surface area contributed by atoms with Gasteiger partial charge in [0.25, 0.3) is 0 Å². The summed E-state index contributed by atoms with van der Waals surface area (Å²) in [5.74, 6) is 0.855. The standard InChI is InChI=1S/C27H40O4S/c1-9-27(10-2,22-12-11-21(19(3)15-22)18-32(8,29)30)23-13-14-24(20(4)16-23)31-17-25(28)26(5,6)7/h11-16,25,28H,9-10,17-18H2,1-8H3. The van der Waals surface area contributed by atoms with Gasteiger partial charge in [0.2, 0.25) is 0 Å². The van der Waals surface area contributed by atoms with Gasteiger partial charge in [-0.1, -0.05) is 65.0 Å². The van der Waals surface area contributed by atoms with Gasteiger partial charge in [-0.15, -0.1) is 0 Å². The number of hydrogen-bond donors (Lipinski definition) is 1. The van der Waals surface area contributed by atoms with Crippen LogP contribution >= 0.6 is 0 Å². The van der Waals surface area contributed by atoms with Gasteiger partial charge in [-0.3, -0.25) is 0 Å². The first kappa shape index (κ1) is 26.4. The van der Waals surface area contributed by atoms with E-state index in [-0.39, 0.29) is 23.2 Å². The normalized spacial score (nSPS) is 13.8. The minimum atomic E-state index is -3.07. The lowest BCUT2D eigenvalue weighted by atomic mass is 9.70. The fraction of sp³-hybridized carbons (Fsp3) is 0.556. The molecule has 1 atom stereocenters. The first-order valence-corrected chi connectivity index (χ1v) is 13.5. The number of aryl methyl sites for hydroxylation is 2. The lowest BCUT2D eigenvalue weighted by molar-refractivity contribution is 0.0216. The molecule has 178 valence electrons. The van der Waals surface area contributed by atoms with Crippen molar-refractivity contribution in [3.63, 3.8) is 0 Å². The number of aliphatic hydroxyl groups is 1. The molecule has 2 rings (SSSR count). The fourth-order valence-electron chi connectivity index (χ4n) is 4.20. The van der Waals surface area contributed by atoms with Crippen LogP contribution in [-0.2, 0) is 21.0 Å². The zero-order valence-corrected chi connectivity index (χ0v) is 21.8. The molecule has 0 fully saturated rings. The Kier molecular flexibility index (Phi) is 8.22. The van der Waals surface area contributed by atoms with Gasteiger partial charge in [0, 0.05) is 11.7 Å². The molecule has 0 saturated carbocycles. The maximum atomic E-state index is 11.8. The third-order valence-corrected chi connectivity index (χ3v) is 7.48. The zero-order valence-electron chi connectivity index (χ0n) is 21.0. The van der Waals surface area contributed by atoms with Crippen LogP contribution in [0.4, 0.5) is 0 Å². The van der Waals surface area contributed by atoms with Crippen LogP contribution in [0, 0.1) is 19.3 Å². The average Bonchev–Trinajstić information content (AvgIpc) is 2.68. The second-order valence-corrected chi connectivity index (χ2v) is 12.3. The van der Waals surface area contributed by atoms with Crippen LogP contribution in [0.5, 0.6) is 5.75 Å². The van der Waals surface area contributed by atoms with Crippen molar-refractivity contribution in [3.05, 3.63) is 64.2 Å². The molecule has 0 aliphatic heterocycles. The average molecular weight is 461 g/mol. The molecule has 5 heteroatoms. The Morgan fingerprint density at radius 1 is 0.938 bits per heavy atom. The maximum absolute atomic E-state index is 11.8. The predicted molar refractivity (Wildman–Crippen MR) is 133 cm³/mol. The molecule has 2 aromatic carbocycles. The van der Waals surface area contributed by atoms with Gasteiger partial charge in [-0.25, -0.2) is 8.42 Å². The summed E-state index contributed by atoms with van der Waals surface area (Å²) in [5, 5.41) is 10.3. The largest absolute Gasteiger partial charge is 0.491 e. The van der Waals surface area contributed by atoms with E-state index in [1.54, 1.807) is 0 Å². The van der Waals surface area contributed by atoms with E-state index >= 15 is 0 Å². The molecule has 0 spiro atoms. The van der Waals surface area contributed by atoms with Gasteiger partial charge in [-0.2, -0.15) is 0 Å². The molecule has 0 heterocycles. The van der Waals surface area contributed by atoms with Crippen LogP contribution in [0.15, 0.2) is 36.4 Å². The minimum absolute atomic E-state index is 0.0654. The van der Waals surface area contributed by atoms with Gasteiger partial charge in [0.1, 0.15) is 12.4 Å². The molecule has 32 heavy (non-hydrogen) atoms. The summed E-state index contributed by atoms with van der Waals surface area (Å²) in [6.45, 7) is 14.7. The van der Waals surface area contributed by atoms with Gasteiger partial charge in [0.15, 0.2) is 9.84 Å². The Labute approximate surface area is 194 Å². The highest BCUT2D eigenvalue weighted by atomic mass is 32.2. The number of rotatable bonds is 9. The molecule has 1 N–H and O–H groups in total. The van der Waals surface area contributed by atoms with Crippen molar-refractivity contribution in [2.45, 2.75) is 78.6 Å². The SMILES string of the molecule is CCC(CC)(c1ccc(CS(C)(=O)=O)c(C)c1)c1ccc(OCC(O)C(C)(C)C)c(C)c1. The summed E-state index contributed by atoms with van der Waals surface area (Å²) >= 11 is 0. The molecule has 0 saturated heterocycles. The number of sulfone groups is 1. The summed E-state index contributed by atoms with van der Waals surface area (Å²) in [5.41, 5.74) is 4.94. The van der Waals surface area contributed by atoms with E-state index in [2.05, 4.69) is 38.1 Å². The summed E-state index contributed by atoms with van der Waals surface area (Å²) < 4.78 is 29.5. The van der Waals surface area contributed by atoms with E-state index in [1.807, 2.05) is 46.8 Å². The van der Waals surface area contributed by atoms with Gasteiger partial charge in [0.05, 0.1) is 11.9 Å². The number of ether oxygens (including phenoxy) is 1. The van der Waals surface area contributed by atoms with Crippen LogP contribution in [-0.4, -0.2) is 32.5 Å². The number of aliphatic hydroxyl groups excluding tert-OH is 1. The third-order valence-electron chi connectivity index (χ3n) is 6.64. The summed E-state index contributed by atoms with van der Waals surface area (Å²) in [4.78, 5) is 0. The van der Waals surface area contributed by atoms with Crippen molar-refractivity contribution >= 4 is 9.84 Å². The monoisotopic (exact) mass is 460 g/mol. The molecular formula is C27H40O4S. The van der Waals surface area contributed by atoms with Crippen LogP contribution in [0.25, 0.3) is 0 Å². The van der Waals surface area contributed by atoms with Crippen molar-refractivity contribution in [2.24, 2.45) is 5.41 Å². The third kappa shape index (κ3) is 6.14. The van der Waals surface area contributed by atoms with E-state index < -0.39 is 15.9 Å². The van der Waals surface area contributed by atoms with Crippen LogP contribution < -0.4 is 4.74 Å². The Morgan fingerprint density at radius 3 is 1.91 bits per heavy atom. The molecule has 0 amide bonds. The van der Waals surface area contributed by atoms with E-state index in [0.29, 0.717) is 0 Å². The molecule has 0 aliphatic carbocycles. The Balaban J connectivity index is 2.39. The molecule has 0 aliphatic rings. The van der Waals surface area contributed by atoms with E-state index in [0.717, 1.165) is 35.3 Å². The van der Waals surface area contributed by atoms with Crippen LogP contribution in [0.1, 0.15) is 75.3 Å². The van der Waals surface area contributed by atoms with Crippen molar-refractivity contribution in [1.29, 1.82) is 0 Å². The van der Waals surface area contributed by atoms with Gasteiger partial charge >= 0.3 is 0 Å². The van der Waals surface area contributed by atoms with E-state index in [1.165, 1.54) is 17.4 Å². The van der Waals surface area contributed by atoms with Crippen LogP contribution in [0.3, 0.4) is 0 Å². The first-order chi connectivity index (χ1) is 14.7. The molecule has 1 unspecified atom stereocenters. The molecule has 4 nitrogen and oxygen atoms in total. The second-order valence-electron chi connectivity index (χ2n) is 10.2. The number of hydrogen-bond acceptors (Lipinski definition) is 4. The second kappa shape index (κ2) is 9.96. The predicted octanol–water partition coefficient (Wildman–Crippen LogP) is 5.74. The Morgan fingerprint density at radius 2 is 1.47 bits per heavy atom. The van der Waals surface area contributed by atoms with E-state index in [9.17, 15) is 13.5 Å². The maximum Gasteiger partial charge on any atom is 0.151 e. The van der Waals surface area contributed by atoms with Crippen LogP contribution in [0.2, 0.25) is 0 Å². The lowest BCUT2D eigenvalue weighted by Crippen LogP contribution is -2.32. The Bertz CT molecular complexity index is 1030. The summed E-state index contributed by atoms with van der Waals surface area (Å²) in [7, 11) is -3.07. The highest BCUT2D eigenvalue weighted by Gasteiger charge is 2.32. The fourth-order valence-corrected chi connectivity index (χ4v) is 5.09. The van der Waals surface area contributed by atoms with Gasteiger partial charge in [-0.05, 0) is 66.0 Å². The summed E-state index contributed by atoms with van der Waals surface area (Å²) in [6.07, 6.45) is 2.59. The first-order valence-electron chi connectivity index (χ1n) is 11.4. The molecule has 0 bridgehead atoms. The topological polar surface area (TPSA) is 63.6 Å². The van der Waals surface area contributed by atoms with Crippen molar-refractivity contribution in [2.75, 3.05) is 12.9 Å². The zero-order chi connectivity index (χ0) is 24.3. The number of benzene rings is 2. The van der Waals surface area contributed by atoms with Crippen molar-refractivity contribution in [3.8, 4) is 5.75 Å².